The van der Waals surface area contributed by atoms with E-state index in [1.54, 1.807) is 24.1 Å². The Kier molecular flexibility index (Phi) is 6.78. The van der Waals surface area contributed by atoms with Crippen LogP contribution >= 0.6 is 0 Å². The van der Waals surface area contributed by atoms with Gasteiger partial charge in [0, 0.05) is 24.2 Å². The number of benzene rings is 1. The largest absolute Gasteiger partial charge is 0.478 e. The molecule has 0 aliphatic carbocycles. The van der Waals surface area contributed by atoms with Crippen LogP contribution in [0.4, 0.5) is 13.2 Å². The normalized spacial score (nSPS) is 13.2. The quantitative estimate of drug-likeness (QED) is 0.334. The summed E-state index contributed by atoms with van der Waals surface area (Å²) in [5.41, 5.74) is 5.05. The van der Waals surface area contributed by atoms with Crippen LogP contribution in [0.15, 0.2) is 65.5 Å². The summed E-state index contributed by atoms with van der Waals surface area (Å²) < 4.78 is 46.8. The minimum absolute atomic E-state index is 0.0600. The monoisotopic (exact) mass is 460 g/mol. The number of nitrogens with two attached hydrogens (primary N) is 1. The molecule has 4 N–H and O–H groups in total. The van der Waals surface area contributed by atoms with Crippen LogP contribution in [0.3, 0.4) is 0 Å². The van der Waals surface area contributed by atoms with Crippen LogP contribution in [0.1, 0.15) is 28.6 Å². The second-order valence-electron chi connectivity index (χ2n) is 7.38. The number of hydrogen-bond acceptors (Lipinski definition) is 6. The minimum Gasteiger partial charge on any atom is -0.478 e. The summed E-state index contributed by atoms with van der Waals surface area (Å²) in [5, 5.41) is 12.4. The van der Waals surface area contributed by atoms with Gasteiger partial charge in [-0.3, -0.25) is 10.3 Å². The van der Waals surface area contributed by atoms with E-state index in [1.165, 1.54) is 24.3 Å². The number of alkyl halides is 3. The van der Waals surface area contributed by atoms with E-state index in [1.807, 2.05) is 6.92 Å². The van der Waals surface area contributed by atoms with Crippen LogP contribution in [-0.4, -0.2) is 34.2 Å². The number of aromatic nitrogens is 1. The van der Waals surface area contributed by atoms with Gasteiger partial charge in [0.15, 0.2) is 0 Å². The third-order valence-corrected chi connectivity index (χ3v) is 5.13. The van der Waals surface area contributed by atoms with Crippen molar-refractivity contribution in [1.82, 2.24) is 15.2 Å². The smallest absolute Gasteiger partial charge is 0.420 e. The number of nitrogens with one attached hydrogen (secondary N) is 1. The number of hydrogen-bond donors (Lipinski definition) is 3. The molecule has 0 aliphatic rings. The Labute approximate surface area is 188 Å². The molecule has 10 heteroatoms. The molecule has 33 heavy (non-hydrogen) atoms. The lowest BCUT2D eigenvalue weighted by molar-refractivity contribution is -0.136. The summed E-state index contributed by atoms with van der Waals surface area (Å²) in [6.07, 6.45) is -0.602. The van der Waals surface area contributed by atoms with Gasteiger partial charge in [-0.05, 0) is 43.3 Å². The Morgan fingerprint density at radius 1 is 1.36 bits per heavy atom. The van der Waals surface area contributed by atoms with Crippen LogP contribution < -0.4 is 11.1 Å². The predicted molar refractivity (Wildman–Crippen MR) is 118 cm³/mol. The highest BCUT2D eigenvalue weighted by molar-refractivity contribution is 5.89. The van der Waals surface area contributed by atoms with Gasteiger partial charge < -0.3 is 20.2 Å². The molecule has 1 unspecified atom stereocenters. The average molecular weight is 460 g/mol. The van der Waals surface area contributed by atoms with E-state index < -0.39 is 17.7 Å². The zero-order chi connectivity index (χ0) is 24.3. The number of rotatable bonds is 8. The lowest BCUT2D eigenvalue weighted by atomic mass is 10.0. The number of carboxylic acids is 1. The Morgan fingerprint density at radius 3 is 2.67 bits per heavy atom. The first-order valence-corrected chi connectivity index (χ1v) is 9.89. The number of furan rings is 1. The molecule has 0 saturated carbocycles. The van der Waals surface area contributed by atoms with E-state index in [0.717, 1.165) is 12.3 Å². The molecule has 0 fully saturated rings. The fourth-order valence-electron chi connectivity index (χ4n) is 3.19. The van der Waals surface area contributed by atoms with Crippen LogP contribution in [0.2, 0.25) is 0 Å². The number of aromatic carboxylic acids is 1. The molecule has 0 saturated heterocycles. The van der Waals surface area contributed by atoms with Gasteiger partial charge in [-0.25, -0.2) is 4.79 Å². The van der Waals surface area contributed by atoms with E-state index in [9.17, 15) is 18.0 Å². The second-order valence-corrected chi connectivity index (χ2v) is 7.38. The number of carbonyl (C=O) groups is 1. The van der Waals surface area contributed by atoms with Crippen LogP contribution in [-0.2, 0) is 12.7 Å². The maximum atomic E-state index is 13.8. The molecule has 0 aliphatic heterocycles. The average Bonchev–Trinajstić information content (AvgIpc) is 3.18. The summed E-state index contributed by atoms with van der Waals surface area (Å²) in [7, 11) is 1.77. The van der Waals surface area contributed by atoms with E-state index >= 15 is 0 Å². The first-order chi connectivity index (χ1) is 15.5. The first-order valence-electron chi connectivity index (χ1n) is 9.89. The van der Waals surface area contributed by atoms with Gasteiger partial charge in [0.1, 0.15) is 11.3 Å². The molecule has 3 rings (SSSR count). The highest BCUT2D eigenvalue weighted by Gasteiger charge is 2.35. The van der Waals surface area contributed by atoms with Gasteiger partial charge >= 0.3 is 12.1 Å². The van der Waals surface area contributed by atoms with E-state index in [4.69, 9.17) is 15.3 Å². The molecule has 3 aromatic rings. The summed E-state index contributed by atoms with van der Waals surface area (Å²) in [6.45, 7) is 5.60. The van der Waals surface area contributed by atoms with Crippen molar-refractivity contribution in [2.24, 2.45) is 5.73 Å². The minimum atomic E-state index is -4.66. The molecular formula is C23H23F3N4O3. The fraction of sp³-hybridized carbons (Fsp3) is 0.217. The zero-order valence-corrected chi connectivity index (χ0v) is 18.0. The zero-order valence-electron chi connectivity index (χ0n) is 18.0. The molecular weight excluding hydrogens is 437 g/mol. The van der Waals surface area contributed by atoms with Crippen LogP contribution in [0, 0.1) is 0 Å². The second kappa shape index (κ2) is 9.37. The van der Waals surface area contributed by atoms with Crippen LogP contribution in [0.5, 0.6) is 0 Å². The topological polar surface area (TPSA) is 105 Å². The van der Waals surface area contributed by atoms with E-state index in [2.05, 4.69) is 16.9 Å². The van der Waals surface area contributed by atoms with Crippen LogP contribution in [0.25, 0.3) is 22.2 Å². The highest BCUT2D eigenvalue weighted by atomic mass is 19.4. The van der Waals surface area contributed by atoms with Crippen molar-refractivity contribution in [1.29, 1.82) is 0 Å². The van der Waals surface area contributed by atoms with Gasteiger partial charge in [0.05, 0.1) is 35.4 Å². The summed E-state index contributed by atoms with van der Waals surface area (Å²) in [6, 6.07) is 6.66. The first kappa shape index (κ1) is 23.9. The number of allylic oxidation sites excluding steroid dienone is 2. The lowest BCUT2D eigenvalue weighted by Gasteiger charge is -2.27. The third-order valence-electron chi connectivity index (χ3n) is 5.13. The third kappa shape index (κ3) is 5.35. The van der Waals surface area contributed by atoms with Gasteiger partial charge in [-0.15, -0.1) is 0 Å². The highest BCUT2D eigenvalue weighted by Crippen LogP contribution is 2.39. The molecule has 1 atom stereocenters. The lowest BCUT2D eigenvalue weighted by Crippen LogP contribution is -2.42. The summed E-state index contributed by atoms with van der Waals surface area (Å²) in [5.74, 6) is -0.387. The van der Waals surface area contributed by atoms with E-state index in [-0.39, 0.29) is 40.5 Å². The summed E-state index contributed by atoms with van der Waals surface area (Å²) >= 11 is 0. The maximum absolute atomic E-state index is 13.8. The predicted octanol–water partition coefficient (Wildman–Crippen LogP) is 4.57. The molecule has 2 aromatic heterocycles. The Morgan fingerprint density at radius 2 is 2.09 bits per heavy atom. The Bertz CT molecular complexity index is 1200. The van der Waals surface area contributed by atoms with Gasteiger partial charge in [-0.2, -0.15) is 13.2 Å². The molecule has 0 amide bonds. The summed E-state index contributed by atoms with van der Waals surface area (Å²) in [4.78, 5) is 16.8. The molecule has 1 aromatic carbocycles. The van der Waals surface area contributed by atoms with Crippen molar-refractivity contribution >= 4 is 16.9 Å². The molecule has 0 radical (unpaired) electrons. The number of nitrogens with zero attached hydrogens (tertiary/aromatic N) is 2. The standard InChI is InChI=1S/C23H23F3N4O3/c1-4-5-20(27)30(3)13(2)28-12-17-9-16-8-15(10-18(21(16)33-17)23(24,25)26)19-7-6-14(11-29-19)22(31)32/h4-11,13,28H,1,12,27H2,2-3H3,(H,31,32)/b20-5-. The van der Waals surface area contributed by atoms with Crippen molar-refractivity contribution in [3.8, 4) is 11.3 Å². The Balaban J connectivity index is 1.93. The van der Waals surface area contributed by atoms with Crippen molar-refractivity contribution in [2.75, 3.05) is 7.05 Å². The van der Waals surface area contributed by atoms with Crippen molar-refractivity contribution < 1.29 is 27.5 Å². The van der Waals surface area contributed by atoms with Crippen molar-refractivity contribution in [3.63, 3.8) is 0 Å². The fourth-order valence-corrected chi connectivity index (χ4v) is 3.19. The maximum Gasteiger partial charge on any atom is 0.420 e. The molecule has 0 bridgehead atoms. The number of pyridine rings is 1. The number of halogens is 3. The molecule has 2 heterocycles. The molecule has 7 nitrogen and oxygen atoms in total. The van der Waals surface area contributed by atoms with Gasteiger partial charge in [0.25, 0.3) is 0 Å². The van der Waals surface area contributed by atoms with E-state index in [0.29, 0.717) is 11.6 Å². The van der Waals surface area contributed by atoms with Gasteiger partial charge in [0.2, 0.25) is 0 Å². The number of fused-ring (bicyclic) bond motifs is 1. The van der Waals surface area contributed by atoms with Crippen molar-refractivity contribution in [2.45, 2.75) is 25.8 Å². The van der Waals surface area contributed by atoms with Crippen molar-refractivity contribution in [3.05, 3.63) is 78.0 Å². The molecule has 0 spiro atoms. The van der Waals surface area contributed by atoms with Gasteiger partial charge in [-0.1, -0.05) is 12.7 Å². The SMILES string of the molecule is C=C/C=C(/N)N(C)C(C)NCc1cc2cc(-c3ccc(C(=O)O)cn3)cc(C(F)(F)F)c2o1. The Hall–Kier alpha value is -3.79. The molecule has 174 valence electrons. The number of carboxylic acid groups (broad SMARTS) is 1.